The third-order valence-electron chi connectivity index (χ3n) is 13.1. The Hall–Kier alpha value is -7.17. The predicted molar refractivity (Wildman–Crippen MR) is 260 cm³/mol. The molecule has 0 aliphatic carbocycles. The molecule has 1 fully saturated rings. The first-order chi connectivity index (χ1) is 31.2. The van der Waals surface area contributed by atoms with Crippen LogP contribution in [0.1, 0.15) is 26.3 Å². The van der Waals surface area contributed by atoms with Gasteiger partial charge in [0.25, 0.3) is 0 Å². The van der Waals surface area contributed by atoms with Crippen LogP contribution in [-0.4, -0.2) is 47.4 Å². The number of hydrogen-bond donors (Lipinski definition) is 0. The normalized spacial score (nSPS) is 16.2. The number of pyridine rings is 1. The van der Waals surface area contributed by atoms with E-state index in [4.69, 9.17) is 30.9 Å². The summed E-state index contributed by atoms with van der Waals surface area (Å²) < 4.78 is 18.3. The first-order valence-corrected chi connectivity index (χ1v) is 21.9. The minimum atomic E-state index is -0.678. The molecule has 10 heteroatoms. The van der Waals surface area contributed by atoms with E-state index >= 15 is 0 Å². The second-order valence-corrected chi connectivity index (χ2v) is 17.7. The monoisotopic (exact) mass is 850 g/mol. The van der Waals surface area contributed by atoms with Gasteiger partial charge in [-0.15, -0.1) is 0 Å². The number of fused-ring (bicyclic) bond motifs is 7. The summed E-state index contributed by atoms with van der Waals surface area (Å²) >= 11 is 6.42. The predicted octanol–water partition coefficient (Wildman–Crippen LogP) is 12.1. The van der Waals surface area contributed by atoms with E-state index in [0.717, 1.165) is 50.2 Å². The Morgan fingerprint density at radius 1 is 0.531 bits per heavy atom. The van der Waals surface area contributed by atoms with Crippen molar-refractivity contribution in [2.75, 3.05) is 0 Å². The molecule has 0 N–H and O–H groups in total. The molecule has 4 aromatic heterocycles. The lowest BCUT2D eigenvalue weighted by atomic mass is 9.80. The average molecular weight is 851 g/mol. The van der Waals surface area contributed by atoms with Gasteiger partial charge in [0, 0.05) is 56.4 Å². The maximum absolute atomic E-state index is 6.89. The molecular formula is C54H40BClN6O2. The Labute approximate surface area is 374 Å². The number of nitrogens with zero attached hydrogens (tertiary/aromatic N) is 6. The fourth-order valence-electron chi connectivity index (χ4n) is 9.53. The molecule has 308 valence electrons. The van der Waals surface area contributed by atoms with Crippen LogP contribution in [0, 0.1) is 0 Å². The Kier molecular flexibility index (Phi) is 8.85. The number of hydrogen-bond acceptors (Lipinski definition) is 6. The highest BCUT2D eigenvalue weighted by molar-refractivity contribution is 6.62. The molecule has 0 saturated carbocycles. The number of halogens is 1. The molecule has 64 heavy (non-hydrogen) atoms. The van der Waals surface area contributed by atoms with Gasteiger partial charge in [0.2, 0.25) is 5.28 Å². The first kappa shape index (κ1) is 38.5. The van der Waals surface area contributed by atoms with Crippen LogP contribution in [-0.2, 0) is 15.7 Å². The van der Waals surface area contributed by atoms with Crippen LogP contribution in [0.4, 0.5) is 0 Å². The van der Waals surface area contributed by atoms with Crippen molar-refractivity contribution in [1.82, 2.24) is 29.1 Å². The van der Waals surface area contributed by atoms with Crippen molar-refractivity contribution < 1.29 is 9.31 Å². The maximum atomic E-state index is 6.89. The number of benzene rings is 7. The minimum absolute atomic E-state index is 0.147. The molecule has 8 nitrogen and oxygen atoms in total. The van der Waals surface area contributed by atoms with E-state index < -0.39 is 18.3 Å². The summed E-state index contributed by atoms with van der Waals surface area (Å²) in [5.41, 5.74) is 7.92. The van der Waals surface area contributed by atoms with Crippen molar-refractivity contribution in [2.24, 2.45) is 0 Å². The van der Waals surface area contributed by atoms with E-state index in [2.05, 4.69) is 167 Å². The van der Waals surface area contributed by atoms with E-state index in [1.807, 2.05) is 48.7 Å². The molecule has 0 radical (unpaired) electrons. The van der Waals surface area contributed by atoms with E-state index in [1.165, 1.54) is 37.8 Å². The Morgan fingerprint density at radius 2 is 1.19 bits per heavy atom. The zero-order valence-electron chi connectivity index (χ0n) is 35.4. The fraction of sp³-hybridized carbons (Fsp3) is 0.111. The van der Waals surface area contributed by atoms with Gasteiger partial charge in [-0.3, -0.25) is 4.57 Å². The lowest BCUT2D eigenvalue weighted by molar-refractivity contribution is -0.00876. The third kappa shape index (κ3) is 6.30. The Balaban J connectivity index is 0.886. The van der Waals surface area contributed by atoms with Gasteiger partial charge in [0.05, 0.1) is 33.3 Å². The summed E-state index contributed by atoms with van der Waals surface area (Å²) in [5.74, 6) is 1.85. The average Bonchev–Trinajstić information content (AvgIpc) is 3.91. The Morgan fingerprint density at radius 3 is 1.94 bits per heavy atom. The van der Waals surface area contributed by atoms with Gasteiger partial charge in [0.1, 0.15) is 5.82 Å². The van der Waals surface area contributed by atoms with Crippen molar-refractivity contribution in [2.45, 2.75) is 38.4 Å². The standard InChI is InChI=1S/C54H40BClN6O2/c1-53(2)54(3,32-34-14-13-19-38(28-34)51-58-50(59-52(56)60-51)36-16-5-4-6-17-36)64-55(63-53)39-25-27-49(57-33-39)62-46-23-12-10-21-42(46)44-30-43-41-20-9-11-22-45(41)61(47(43)31-48(44)62)40-26-24-35-15-7-8-18-37(35)29-40/h4-31,33H,32H2,1-3H3. The van der Waals surface area contributed by atoms with Crippen LogP contribution >= 0.6 is 11.6 Å². The van der Waals surface area contributed by atoms with E-state index in [1.54, 1.807) is 0 Å². The smallest absolute Gasteiger partial charge is 0.399 e. The van der Waals surface area contributed by atoms with E-state index in [0.29, 0.717) is 18.1 Å². The van der Waals surface area contributed by atoms with Gasteiger partial charge in [-0.1, -0.05) is 121 Å². The summed E-state index contributed by atoms with van der Waals surface area (Å²) in [7, 11) is -0.615. The largest absolute Gasteiger partial charge is 0.496 e. The summed E-state index contributed by atoms with van der Waals surface area (Å²) in [6, 6.07) is 59.3. The van der Waals surface area contributed by atoms with Crippen molar-refractivity contribution >= 4 is 78.6 Å². The number of para-hydroxylation sites is 2. The summed E-state index contributed by atoms with van der Waals surface area (Å²) in [6.45, 7) is 6.30. The molecule has 0 bridgehead atoms. The molecule has 1 saturated heterocycles. The quantitative estimate of drug-likeness (QED) is 0.149. The van der Waals surface area contributed by atoms with Gasteiger partial charge < -0.3 is 13.9 Å². The highest BCUT2D eigenvalue weighted by Gasteiger charge is 2.54. The van der Waals surface area contributed by atoms with Crippen LogP contribution in [0.2, 0.25) is 5.28 Å². The van der Waals surface area contributed by atoms with Crippen LogP contribution in [0.5, 0.6) is 0 Å². The van der Waals surface area contributed by atoms with Crippen molar-refractivity contribution in [3.8, 4) is 34.3 Å². The van der Waals surface area contributed by atoms with Crippen molar-refractivity contribution in [3.63, 3.8) is 0 Å². The molecule has 1 aliphatic rings. The van der Waals surface area contributed by atoms with Crippen LogP contribution < -0.4 is 5.46 Å². The molecule has 5 heterocycles. The lowest BCUT2D eigenvalue weighted by Crippen LogP contribution is -2.46. The van der Waals surface area contributed by atoms with Gasteiger partial charge in [-0.05, 0) is 97.2 Å². The molecule has 1 unspecified atom stereocenters. The van der Waals surface area contributed by atoms with E-state index in [9.17, 15) is 0 Å². The maximum Gasteiger partial charge on any atom is 0.496 e. The van der Waals surface area contributed by atoms with Gasteiger partial charge >= 0.3 is 7.12 Å². The van der Waals surface area contributed by atoms with Gasteiger partial charge in [0.15, 0.2) is 11.6 Å². The van der Waals surface area contributed by atoms with E-state index in [-0.39, 0.29) is 5.28 Å². The second-order valence-electron chi connectivity index (χ2n) is 17.4. The highest BCUT2D eigenvalue weighted by Crippen LogP contribution is 2.42. The molecule has 1 atom stereocenters. The lowest BCUT2D eigenvalue weighted by Gasteiger charge is -2.36. The zero-order valence-corrected chi connectivity index (χ0v) is 36.2. The molecular weight excluding hydrogens is 811 g/mol. The highest BCUT2D eigenvalue weighted by atomic mass is 35.5. The molecule has 7 aromatic carbocycles. The third-order valence-corrected chi connectivity index (χ3v) is 13.3. The second kappa shape index (κ2) is 14.7. The molecule has 0 spiro atoms. The van der Waals surface area contributed by atoms with Crippen molar-refractivity contribution in [3.05, 3.63) is 187 Å². The fourth-order valence-corrected chi connectivity index (χ4v) is 9.69. The minimum Gasteiger partial charge on any atom is -0.399 e. The molecule has 1 aliphatic heterocycles. The summed E-state index contributed by atoms with van der Waals surface area (Å²) in [5, 5.41) is 7.35. The van der Waals surface area contributed by atoms with Gasteiger partial charge in [-0.2, -0.15) is 9.97 Å². The topological polar surface area (TPSA) is 79.9 Å². The number of aromatic nitrogens is 6. The first-order valence-electron chi connectivity index (χ1n) is 21.5. The molecule has 12 rings (SSSR count). The van der Waals surface area contributed by atoms with Crippen LogP contribution in [0.3, 0.4) is 0 Å². The summed E-state index contributed by atoms with van der Waals surface area (Å²) in [4.78, 5) is 18.8. The SMILES string of the molecule is CC1(C)OB(c2ccc(-n3c4ccccc4c4cc5c6ccccc6n(-c6ccc7ccccc7c6)c5cc43)nc2)OC1(C)Cc1cccc(-c2nc(Cl)nc(-c3ccccc3)n2)c1. The zero-order chi connectivity index (χ0) is 43.2. The van der Waals surface area contributed by atoms with Crippen molar-refractivity contribution in [1.29, 1.82) is 0 Å². The van der Waals surface area contributed by atoms with Crippen LogP contribution in [0.25, 0.3) is 88.7 Å². The molecule has 0 amide bonds. The van der Waals surface area contributed by atoms with Gasteiger partial charge in [-0.25, -0.2) is 9.97 Å². The van der Waals surface area contributed by atoms with Crippen LogP contribution in [0.15, 0.2) is 176 Å². The molecule has 11 aromatic rings. The number of rotatable bonds is 7. The summed E-state index contributed by atoms with van der Waals surface area (Å²) in [6.07, 6.45) is 2.48. The Bertz CT molecular complexity index is 3630.